The van der Waals surface area contributed by atoms with Gasteiger partial charge in [-0.25, -0.2) is 0 Å². The molecule has 3 aliphatic rings. The standard InChI is InChI=1S/3C11H22N2O2.C6H9NO6/c3*1-8(14)12-9-6-10(2,3)13(15)11(4,5)7-9;8-4(9)1-7(2-5(10)11)3-6(12)13/h3*9,15H,6-7H2,1-5H3,(H,12,14);1-3H2,(H,8,9)(H,10,11)(H,12,13). The van der Waals surface area contributed by atoms with Gasteiger partial charge in [0.25, 0.3) is 0 Å². The summed E-state index contributed by atoms with van der Waals surface area (Å²) in [4.78, 5) is 64.3. The van der Waals surface area contributed by atoms with E-state index in [1.165, 1.54) is 36.0 Å². The third-order valence-corrected chi connectivity index (χ3v) is 10.2. The molecule has 0 unspecified atom stereocenters. The number of amides is 3. The quantitative estimate of drug-likeness (QED) is 0.161. The zero-order valence-electron chi connectivity index (χ0n) is 37.5. The summed E-state index contributed by atoms with van der Waals surface area (Å²) in [6.45, 7) is 26.7. The first-order chi connectivity index (χ1) is 25.9. The van der Waals surface area contributed by atoms with Crippen LogP contribution in [-0.4, -0.2) is 158 Å². The average molecular weight is 834 g/mol. The number of nitrogens with zero attached hydrogens (tertiary/aromatic N) is 4. The van der Waals surface area contributed by atoms with E-state index in [0.717, 1.165) is 43.4 Å². The molecule has 3 fully saturated rings. The summed E-state index contributed by atoms with van der Waals surface area (Å²) < 4.78 is 0. The van der Waals surface area contributed by atoms with Gasteiger partial charge in [0.05, 0.1) is 19.6 Å². The molecule has 3 amide bonds. The summed E-state index contributed by atoms with van der Waals surface area (Å²) in [5, 5.41) is 68.0. The van der Waals surface area contributed by atoms with Gasteiger partial charge in [-0.2, -0.15) is 15.2 Å². The van der Waals surface area contributed by atoms with E-state index < -0.39 is 37.5 Å². The number of carbonyl (C=O) groups excluding carboxylic acids is 3. The van der Waals surface area contributed by atoms with Crippen LogP contribution in [0.4, 0.5) is 0 Å². The molecule has 0 radical (unpaired) electrons. The second-order valence-corrected chi connectivity index (χ2v) is 19.6. The predicted octanol–water partition coefficient (Wildman–Crippen LogP) is 3.14. The number of carbonyl (C=O) groups is 6. The van der Waals surface area contributed by atoms with Gasteiger partial charge in [0, 0.05) is 72.1 Å². The lowest BCUT2D eigenvalue weighted by molar-refractivity contribution is -0.246. The van der Waals surface area contributed by atoms with Crippen molar-refractivity contribution < 1.29 is 59.7 Å². The molecular weight excluding hydrogens is 758 g/mol. The molecule has 0 aliphatic carbocycles. The Labute approximate surface area is 344 Å². The summed E-state index contributed by atoms with van der Waals surface area (Å²) in [5.74, 6) is -3.79. The van der Waals surface area contributed by atoms with Crippen molar-refractivity contribution in [3.63, 3.8) is 0 Å². The molecular formula is C39H75N7O12. The lowest BCUT2D eigenvalue weighted by Crippen LogP contribution is -2.62. The Hall–Kier alpha value is -3.46. The number of carboxylic acid groups (broad SMARTS) is 3. The first-order valence-corrected chi connectivity index (χ1v) is 19.5. The monoisotopic (exact) mass is 834 g/mol. The van der Waals surface area contributed by atoms with Crippen LogP contribution in [-0.2, 0) is 28.8 Å². The highest BCUT2D eigenvalue weighted by atomic mass is 16.5. The number of piperidine rings is 3. The third-order valence-electron chi connectivity index (χ3n) is 10.2. The van der Waals surface area contributed by atoms with Crippen molar-refractivity contribution >= 4 is 35.6 Å². The maximum absolute atomic E-state index is 11.0. The molecule has 0 saturated carbocycles. The fourth-order valence-electron chi connectivity index (χ4n) is 8.72. The van der Waals surface area contributed by atoms with Gasteiger partial charge in [0.15, 0.2) is 0 Å². The predicted molar refractivity (Wildman–Crippen MR) is 215 cm³/mol. The van der Waals surface area contributed by atoms with Crippen LogP contribution in [0.25, 0.3) is 0 Å². The van der Waals surface area contributed by atoms with Crippen LogP contribution in [0.2, 0.25) is 0 Å². The molecule has 3 heterocycles. The maximum Gasteiger partial charge on any atom is 0.317 e. The van der Waals surface area contributed by atoms with Gasteiger partial charge >= 0.3 is 17.9 Å². The number of carboxylic acids is 3. The van der Waals surface area contributed by atoms with Crippen LogP contribution >= 0.6 is 0 Å². The lowest BCUT2D eigenvalue weighted by Gasteiger charge is -2.51. The molecule has 3 aliphatic heterocycles. The molecule has 0 bridgehead atoms. The number of nitrogens with one attached hydrogen (secondary N) is 3. The minimum Gasteiger partial charge on any atom is -0.480 e. The zero-order chi connectivity index (χ0) is 46.0. The van der Waals surface area contributed by atoms with Crippen molar-refractivity contribution in [2.45, 2.75) is 194 Å². The summed E-state index contributed by atoms with van der Waals surface area (Å²) in [6.07, 6.45) is 4.62. The SMILES string of the molecule is CC(=O)NC1CC(C)(C)N(O)C(C)(C)C1.CC(=O)NC1CC(C)(C)N(O)C(C)(C)C1.CC(=O)NC1CC(C)(C)N(O)C(C)(C)C1.O=C(O)CN(CC(=O)O)CC(=O)O. The first kappa shape index (κ1) is 54.5. The summed E-state index contributed by atoms with van der Waals surface area (Å²) in [5.41, 5.74) is -1.78. The minimum atomic E-state index is -1.26. The topological polar surface area (TPSA) is 273 Å². The number of hydroxylamine groups is 6. The molecule has 0 aromatic carbocycles. The highest BCUT2D eigenvalue weighted by Crippen LogP contribution is 2.38. The maximum atomic E-state index is 11.0. The largest absolute Gasteiger partial charge is 0.480 e. The molecule has 0 aromatic rings. The Morgan fingerprint density at radius 3 is 0.707 bits per heavy atom. The van der Waals surface area contributed by atoms with E-state index in [0.29, 0.717) is 0 Å². The Morgan fingerprint density at radius 2 is 0.586 bits per heavy atom. The molecule has 0 atom stereocenters. The molecule has 3 rings (SSSR count). The zero-order valence-corrected chi connectivity index (χ0v) is 37.5. The third kappa shape index (κ3) is 18.6. The number of hydrogen-bond acceptors (Lipinski definition) is 13. The molecule has 19 heteroatoms. The summed E-state index contributed by atoms with van der Waals surface area (Å²) >= 11 is 0. The lowest BCUT2D eigenvalue weighted by atomic mass is 9.79. The van der Waals surface area contributed by atoms with Crippen molar-refractivity contribution in [2.75, 3.05) is 19.6 Å². The van der Waals surface area contributed by atoms with Gasteiger partial charge in [0.1, 0.15) is 0 Å². The smallest absolute Gasteiger partial charge is 0.317 e. The van der Waals surface area contributed by atoms with E-state index in [1.54, 1.807) is 0 Å². The Kier molecular flexibility index (Phi) is 19.9. The van der Waals surface area contributed by atoms with Gasteiger partial charge in [-0.3, -0.25) is 33.7 Å². The Morgan fingerprint density at radius 1 is 0.431 bits per heavy atom. The van der Waals surface area contributed by atoms with Crippen LogP contribution in [0.15, 0.2) is 0 Å². The van der Waals surface area contributed by atoms with Crippen LogP contribution in [0.5, 0.6) is 0 Å². The molecule has 0 aromatic heterocycles. The van der Waals surface area contributed by atoms with Crippen LogP contribution < -0.4 is 16.0 Å². The average Bonchev–Trinajstić information content (AvgIpc) is 2.95. The van der Waals surface area contributed by atoms with E-state index in [-0.39, 0.29) is 69.1 Å². The van der Waals surface area contributed by atoms with Crippen molar-refractivity contribution in [1.82, 2.24) is 36.0 Å². The molecule has 338 valence electrons. The van der Waals surface area contributed by atoms with E-state index in [9.17, 15) is 44.4 Å². The second kappa shape index (κ2) is 21.2. The molecule has 3 saturated heterocycles. The highest BCUT2D eigenvalue weighted by Gasteiger charge is 2.47. The van der Waals surface area contributed by atoms with E-state index in [4.69, 9.17) is 15.3 Å². The van der Waals surface area contributed by atoms with Crippen LogP contribution in [0.3, 0.4) is 0 Å². The summed E-state index contributed by atoms with van der Waals surface area (Å²) in [6, 6.07) is 0.447. The van der Waals surface area contributed by atoms with E-state index in [1.807, 2.05) is 83.1 Å². The Bertz CT molecular complexity index is 1210. The van der Waals surface area contributed by atoms with Gasteiger partial charge in [0.2, 0.25) is 17.7 Å². The van der Waals surface area contributed by atoms with Gasteiger partial charge in [-0.1, -0.05) is 0 Å². The van der Waals surface area contributed by atoms with Crippen molar-refractivity contribution in [1.29, 1.82) is 0 Å². The van der Waals surface area contributed by atoms with Crippen molar-refractivity contribution in [2.24, 2.45) is 0 Å². The van der Waals surface area contributed by atoms with Crippen molar-refractivity contribution in [3.05, 3.63) is 0 Å². The molecule has 58 heavy (non-hydrogen) atoms. The number of hydrogen-bond donors (Lipinski definition) is 9. The first-order valence-electron chi connectivity index (χ1n) is 19.5. The van der Waals surface area contributed by atoms with E-state index in [2.05, 4.69) is 16.0 Å². The molecule has 9 N–H and O–H groups in total. The fourth-order valence-corrected chi connectivity index (χ4v) is 8.72. The van der Waals surface area contributed by atoms with E-state index >= 15 is 0 Å². The van der Waals surface area contributed by atoms with Crippen LogP contribution in [0, 0.1) is 0 Å². The number of aliphatic carboxylic acids is 3. The molecule has 0 spiro atoms. The van der Waals surface area contributed by atoms with Gasteiger partial charge in [-0.05, 0) is 122 Å². The highest BCUT2D eigenvalue weighted by molar-refractivity contribution is 5.76. The summed E-state index contributed by atoms with van der Waals surface area (Å²) in [7, 11) is 0. The fraction of sp³-hybridized carbons (Fsp3) is 0.846. The van der Waals surface area contributed by atoms with Gasteiger partial charge < -0.3 is 46.9 Å². The van der Waals surface area contributed by atoms with Crippen molar-refractivity contribution in [3.8, 4) is 0 Å². The normalized spacial score (nSPS) is 22.6. The second-order valence-electron chi connectivity index (χ2n) is 19.6. The van der Waals surface area contributed by atoms with Crippen LogP contribution in [0.1, 0.15) is 142 Å². The molecule has 19 nitrogen and oxygen atoms in total. The Balaban J connectivity index is 0.000000749. The minimum absolute atomic E-state index is 0.00186. The number of rotatable bonds is 9. The van der Waals surface area contributed by atoms with Gasteiger partial charge in [-0.15, -0.1) is 0 Å².